The summed E-state index contributed by atoms with van der Waals surface area (Å²) in [5.41, 5.74) is -0.0345. The first-order valence-electron chi connectivity index (χ1n) is 6.48. The van der Waals surface area contributed by atoms with E-state index in [9.17, 15) is 4.79 Å². The summed E-state index contributed by atoms with van der Waals surface area (Å²) >= 11 is 1.24. The van der Waals surface area contributed by atoms with Crippen LogP contribution >= 0.6 is 11.8 Å². The maximum Gasteiger partial charge on any atom is 0.283 e. The summed E-state index contributed by atoms with van der Waals surface area (Å²) < 4.78 is 1.77. The van der Waals surface area contributed by atoms with Crippen LogP contribution in [0.25, 0.3) is 0 Å². The molecular formula is C12H13N5OS. The summed E-state index contributed by atoms with van der Waals surface area (Å²) in [7, 11) is 0. The van der Waals surface area contributed by atoms with E-state index in [-0.39, 0.29) is 5.56 Å². The minimum absolute atomic E-state index is 0.0345. The first kappa shape index (κ1) is 11.2. The van der Waals surface area contributed by atoms with Crippen molar-refractivity contribution < 1.29 is 0 Å². The van der Waals surface area contributed by atoms with Gasteiger partial charge in [-0.15, -0.1) is 5.10 Å². The molecular weight excluding hydrogens is 262 g/mol. The van der Waals surface area contributed by atoms with E-state index in [0.717, 1.165) is 18.7 Å². The predicted octanol–water partition coefficient (Wildman–Crippen LogP) is 1.72. The summed E-state index contributed by atoms with van der Waals surface area (Å²) in [4.78, 5) is 20.8. The highest BCUT2D eigenvalue weighted by Crippen LogP contribution is 2.38. The molecule has 0 unspecified atom stereocenters. The van der Waals surface area contributed by atoms with Crippen LogP contribution in [0, 0.1) is 0 Å². The molecule has 2 aromatic rings. The normalized spacial score (nSPS) is 18.7. The first-order valence-corrected chi connectivity index (χ1v) is 7.30. The van der Waals surface area contributed by atoms with E-state index >= 15 is 0 Å². The fourth-order valence-electron chi connectivity index (χ4n) is 2.05. The number of aromatic nitrogens is 5. The van der Waals surface area contributed by atoms with Gasteiger partial charge in [0.05, 0.1) is 0 Å². The summed E-state index contributed by atoms with van der Waals surface area (Å²) in [6.07, 6.45) is 7.96. The highest BCUT2D eigenvalue weighted by Gasteiger charge is 2.28. The number of hydrogen-bond donors (Lipinski definition) is 1. The topological polar surface area (TPSA) is 76.5 Å². The van der Waals surface area contributed by atoms with Crippen molar-refractivity contribution in [1.29, 1.82) is 0 Å². The molecule has 98 valence electrons. The van der Waals surface area contributed by atoms with Crippen molar-refractivity contribution in [3.8, 4) is 0 Å². The Bertz CT molecular complexity index is 671. The molecule has 2 heterocycles. The Kier molecular flexibility index (Phi) is 2.48. The van der Waals surface area contributed by atoms with Crippen molar-refractivity contribution in [2.45, 2.75) is 47.8 Å². The SMILES string of the molecule is O=c1c(Sc2n[nH]c(C3CC3)n2)nccn1C1CC1. The van der Waals surface area contributed by atoms with Crippen LogP contribution in [0.1, 0.15) is 43.5 Å². The number of H-pyrrole nitrogens is 1. The van der Waals surface area contributed by atoms with Gasteiger partial charge in [-0.25, -0.2) is 9.97 Å². The zero-order valence-electron chi connectivity index (χ0n) is 10.2. The zero-order chi connectivity index (χ0) is 12.8. The van der Waals surface area contributed by atoms with E-state index in [1.165, 1.54) is 24.6 Å². The molecule has 4 rings (SSSR count). The van der Waals surface area contributed by atoms with Crippen molar-refractivity contribution in [3.63, 3.8) is 0 Å². The lowest BCUT2D eigenvalue weighted by molar-refractivity contribution is 0.674. The molecule has 0 aliphatic heterocycles. The van der Waals surface area contributed by atoms with Gasteiger partial charge in [-0.3, -0.25) is 9.89 Å². The standard InChI is InChI=1S/C12H13N5OS/c18-11-10(13-5-6-17(11)8-3-4-8)19-12-14-9(15-16-12)7-1-2-7/h5-8H,1-4H2,(H,14,15,16). The van der Waals surface area contributed by atoms with Gasteiger partial charge < -0.3 is 4.57 Å². The molecule has 2 saturated carbocycles. The van der Waals surface area contributed by atoms with Crippen LogP contribution in [0.5, 0.6) is 0 Å². The van der Waals surface area contributed by atoms with E-state index in [1.54, 1.807) is 17.0 Å². The molecule has 0 bridgehead atoms. The van der Waals surface area contributed by atoms with Crippen LogP contribution in [0.4, 0.5) is 0 Å². The number of rotatable bonds is 4. The van der Waals surface area contributed by atoms with Crippen LogP contribution in [0.3, 0.4) is 0 Å². The monoisotopic (exact) mass is 275 g/mol. The summed E-state index contributed by atoms with van der Waals surface area (Å²) in [6, 6.07) is 0.365. The molecule has 2 aromatic heterocycles. The summed E-state index contributed by atoms with van der Waals surface area (Å²) in [6.45, 7) is 0. The lowest BCUT2D eigenvalue weighted by Gasteiger charge is -2.03. The predicted molar refractivity (Wildman–Crippen MR) is 69.2 cm³/mol. The van der Waals surface area contributed by atoms with Gasteiger partial charge in [-0.1, -0.05) is 0 Å². The second-order valence-electron chi connectivity index (χ2n) is 5.06. The van der Waals surface area contributed by atoms with Crippen LogP contribution in [-0.4, -0.2) is 24.7 Å². The zero-order valence-corrected chi connectivity index (χ0v) is 11.1. The Hall–Kier alpha value is -1.63. The third kappa shape index (κ3) is 2.18. The van der Waals surface area contributed by atoms with E-state index < -0.39 is 0 Å². The molecule has 0 atom stereocenters. The molecule has 0 saturated heterocycles. The minimum atomic E-state index is -0.0345. The quantitative estimate of drug-likeness (QED) is 0.919. The third-order valence-electron chi connectivity index (χ3n) is 3.41. The fourth-order valence-corrected chi connectivity index (χ4v) is 2.76. The van der Waals surface area contributed by atoms with Gasteiger partial charge in [0.1, 0.15) is 5.82 Å². The number of aromatic amines is 1. The summed E-state index contributed by atoms with van der Waals surface area (Å²) in [5, 5.41) is 8.12. The van der Waals surface area contributed by atoms with Gasteiger partial charge in [0.15, 0.2) is 5.03 Å². The number of hydrogen-bond acceptors (Lipinski definition) is 5. The van der Waals surface area contributed by atoms with E-state index in [1.807, 2.05) is 0 Å². The Morgan fingerprint density at radius 1 is 1.32 bits per heavy atom. The van der Waals surface area contributed by atoms with Crippen molar-refractivity contribution in [1.82, 2.24) is 24.7 Å². The molecule has 19 heavy (non-hydrogen) atoms. The molecule has 0 spiro atoms. The van der Waals surface area contributed by atoms with Crippen molar-refractivity contribution in [2.24, 2.45) is 0 Å². The molecule has 7 heteroatoms. The molecule has 0 amide bonds. The minimum Gasteiger partial charge on any atom is -0.309 e. The summed E-state index contributed by atoms with van der Waals surface area (Å²) in [5.74, 6) is 1.47. The van der Waals surface area contributed by atoms with Crippen LogP contribution in [0.15, 0.2) is 27.4 Å². The molecule has 0 aromatic carbocycles. The lowest BCUT2D eigenvalue weighted by Crippen LogP contribution is -2.20. The van der Waals surface area contributed by atoms with Crippen LogP contribution < -0.4 is 5.56 Å². The molecule has 2 aliphatic rings. The second kappa shape index (κ2) is 4.19. The third-order valence-corrected chi connectivity index (χ3v) is 4.25. The Labute approximate surface area is 113 Å². The van der Waals surface area contributed by atoms with Gasteiger partial charge in [-0.05, 0) is 37.4 Å². The van der Waals surface area contributed by atoms with Gasteiger partial charge in [0.25, 0.3) is 5.56 Å². The van der Waals surface area contributed by atoms with Crippen LogP contribution in [0.2, 0.25) is 0 Å². The molecule has 6 nitrogen and oxygen atoms in total. The van der Waals surface area contributed by atoms with E-state index in [2.05, 4.69) is 20.2 Å². The van der Waals surface area contributed by atoms with Crippen molar-refractivity contribution in [3.05, 3.63) is 28.6 Å². The average molecular weight is 275 g/mol. The molecule has 1 N–H and O–H groups in total. The fraction of sp³-hybridized carbons (Fsp3) is 0.500. The van der Waals surface area contributed by atoms with Gasteiger partial charge in [-0.2, -0.15) is 0 Å². The smallest absolute Gasteiger partial charge is 0.283 e. The van der Waals surface area contributed by atoms with Gasteiger partial charge >= 0.3 is 0 Å². The number of nitrogens with zero attached hydrogens (tertiary/aromatic N) is 4. The largest absolute Gasteiger partial charge is 0.309 e. The van der Waals surface area contributed by atoms with Gasteiger partial charge in [0, 0.05) is 24.4 Å². The number of nitrogens with one attached hydrogen (secondary N) is 1. The van der Waals surface area contributed by atoms with Gasteiger partial charge in [0.2, 0.25) is 5.16 Å². The molecule has 2 aliphatic carbocycles. The Morgan fingerprint density at radius 2 is 2.16 bits per heavy atom. The van der Waals surface area contributed by atoms with E-state index in [0.29, 0.717) is 22.1 Å². The van der Waals surface area contributed by atoms with Crippen molar-refractivity contribution >= 4 is 11.8 Å². The first-order chi connectivity index (χ1) is 9.31. The Balaban J connectivity index is 1.61. The highest BCUT2D eigenvalue weighted by atomic mass is 32.2. The van der Waals surface area contributed by atoms with Crippen LogP contribution in [-0.2, 0) is 0 Å². The molecule has 2 fully saturated rings. The van der Waals surface area contributed by atoms with E-state index in [4.69, 9.17) is 0 Å². The second-order valence-corrected chi connectivity index (χ2v) is 6.01. The lowest BCUT2D eigenvalue weighted by atomic mass is 10.4. The maximum atomic E-state index is 12.2. The highest BCUT2D eigenvalue weighted by molar-refractivity contribution is 7.99. The average Bonchev–Trinajstić information content (AvgIpc) is 3.31. The maximum absolute atomic E-state index is 12.2. The Morgan fingerprint density at radius 3 is 2.89 bits per heavy atom. The molecule has 0 radical (unpaired) electrons. The van der Waals surface area contributed by atoms with Crippen molar-refractivity contribution in [2.75, 3.05) is 0 Å².